The van der Waals surface area contributed by atoms with Crippen LogP contribution in [0.15, 0.2) is 40.9 Å². The number of fused-ring (bicyclic) bond motifs is 1. The van der Waals surface area contributed by atoms with E-state index in [4.69, 9.17) is 4.74 Å². The van der Waals surface area contributed by atoms with Gasteiger partial charge in [-0.2, -0.15) is 5.10 Å². The van der Waals surface area contributed by atoms with E-state index in [0.717, 1.165) is 15.4 Å². The zero-order valence-corrected chi connectivity index (χ0v) is 17.3. The lowest BCUT2D eigenvalue weighted by Crippen LogP contribution is -2.35. The number of likely N-dealkylation sites (N-methyl/N-ethyl adjacent to an activating group) is 2. The van der Waals surface area contributed by atoms with Crippen LogP contribution in [-0.2, 0) is 4.79 Å². The van der Waals surface area contributed by atoms with Crippen LogP contribution in [0.25, 0.3) is 22.2 Å². The number of aromatic nitrogens is 2. The molecule has 2 N–H and O–H groups in total. The van der Waals surface area contributed by atoms with Crippen LogP contribution in [0.3, 0.4) is 0 Å². The second kappa shape index (κ2) is 9.16. The Kier molecular flexibility index (Phi) is 6.64. The summed E-state index contributed by atoms with van der Waals surface area (Å²) in [6.45, 7) is 1.29. The highest BCUT2D eigenvalue weighted by Crippen LogP contribution is 2.31. The average Bonchev–Trinajstić information content (AvgIpc) is 3.08. The predicted molar refractivity (Wildman–Crippen MR) is 111 cm³/mol. The van der Waals surface area contributed by atoms with Gasteiger partial charge in [-0.3, -0.25) is 9.89 Å². The van der Waals surface area contributed by atoms with Crippen molar-refractivity contribution in [3.8, 4) is 17.0 Å². The van der Waals surface area contributed by atoms with Crippen LogP contribution in [0.1, 0.15) is 6.42 Å². The zero-order chi connectivity index (χ0) is 20.1. The molecule has 8 heteroatoms. The maximum atomic E-state index is 14.6. The van der Waals surface area contributed by atoms with E-state index in [-0.39, 0.29) is 5.91 Å². The molecule has 28 heavy (non-hydrogen) atoms. The van der Waals surface area contributed by atoms with Crippen LogP contribution in [0.4, 0.5) is 4.39 Å². The maximum Gasteiger partial charge on any atom is 0.236 e. The molecule has 0 spiro atoms. The largest absolute Gasteiger partial charge is 0.493 e. The molecule has 0 saturated carbocycles. The van der Waals surface area contributed by atoms with Crippen LogP contribution in [0.5, 0.6) is 5.75 Å². The smallest absolute Gasteiger partial charge is 0.236 e. The Morgan fingerprint density at radius 1 is 1.32 bits per heavy atom. The molecule has 1 heterocycles. The number of carbonyl (C=O) groups excluding carboxylic acids is 1. The number of hydrogen-bond acceptors (Lipinski definition) is 4. The summed E-state index contributed by atoms with van der Waals surface area (Å²) in [5, 5.41) is 10.9. The average molecular weight is 449 g/mol. The second-order valence-corrected chi connectivity index (χ2v) is 7.37. The minimum absolute atomic E-state index is 0.0242. The molecule has 0 saturated heterocycles. The number of nitrogens with one attached hydrogen (secondary N) is 2. The molecular formula is C20H22BrFN4O2. The quantitative estimate of drug-likeness (QED) is 0.516. The topological polar surface area (TPSA) is 70.2 Å². The number of hydrogen-bond donors (Lipinski definition) is 2. The van der Waals surface area contributed by atoms with Gasteiger partial charge in [0, 0.05) is 35.1 Å². The van der Waals surface area contributed by atoms with Crippen molar-refractivity contribution in [1.29, 1.82) is 0 Å². The third-order valence-corrected chi connectivity index (χ3v) is 4.87. The van der Waals surface area contributed by atoms with Crippen LogP contribution in [-0.4, -0.2) is 54.8 Å². The molecule has 0 aliphatic heterocycles. The third kappa shape index (κ3) is 4.69. The molecule has 0 unspecified atom stereocenters. The number of halogens is 2. The normalized spacial score (nSPS) is 11.0. The van der Waals surface area contributed by atoms with Gasteiger partial charge in [-0.15, -0.1) is 0 Å². The third-order valence-electron chi connectivity index (χ3n) is 4.38. The number of aromatic amines is 1. The summed E-state index contributed by atoms with van der Waals surface area (Å²) in [5.41, 5.74) is 1.82. The van der Waals surface area contributed by atoms with E-state index in [1.807, 2.05) is 18.2 Å². The van der Waals surface area contributed by atoms with Crippen molar-refractivity contribution in [3.63, 3.8) is 0 Å². The molecule has 0 fully saturated rings. The zero-order valence-electron chi connectivity index (χ0n) is 15.8. The van der Waals surface area contributed by atoms with Crippen molar-refractivity contribution < 1.29 is 13.9 Å². The van der Waals surface area contributed by atoms with Crippen LogP contribution >= 0.6 is 15.9 Å². The molecule has 6 nitrogen and oxygen atoms in total. The Morgan fingerprint density at radius 3 is 2.89 bits per heavy atom. The summed E-state index contributed by atoms with van der Waals surface area (Å²) in [6.07, 6.45) is 0.661. The number of ether oxygens (including phenoxy) is 1. The van der Waals surface area contributed by atoms with Gasteiger partial charge in [0.15, 0.2) is 0 Å². The monoisotopic (exact) mass is 448 g/mol. The summed E-state index contributed by atoms with van der Waals surface area (Å²) in [7, 11) is 3.48. The van der Waals surface area contributed by atoms with Crippen molar-refractivity contribution in [3.05, 3.63) is 46.7 Å². The second-order valence-electron chi connectivity index (χ2n) is 6.45. The van der Waals surface area contributed by atoms with Gasteiger partial charge in [-0.1, -0.05) is 15.9 Å². The number of rotatable bonds is 8. The van der Waals surface area contributed by atoms with E-state index in [0.29, 0.717) is 43.1 Å². The first kappa shape index (κ1) is 20.3. The van der Waals surface area contributed by atoms with Crippen LogP contribution in [0, 0.1) is 5.82 Å². The van der Waals surface area contributed by atoms with Crippen molar-refractivity contribution in [1.82, 2.24) is 20.4 Å². The minimum Gasteiger partial charge on any atom is -0.493 e. The fourth-order valence-electron chi connectivity index (χ4n) is 2.88. The van der Waals surface area contributed by atoms with Crippen molar-refractivity contribution in [2.75, 3.05) is 33.8 Å². The SMILES string of the molecule is CNCC(=O)N(C)CCCOc1ccc(-c2n[nH]c3cc(Br)ccc23)c(F)c1. The van der Waals surface area contributed by atoms with Crippen LogP contribution < -0.4 is 10.1 Å². The molecule has 0 radical (unpaired) electrons. The Hall–Kier alpha value is -2.45. The molecule has 0 bridgehead atoms. The molecule has 1 amide bonds. The molecule has 3 aromatic rings. The summed E-state index contributed by atoms with van der Waals surface area (Å²) < 4.78 is 21.2. The van der Waals surface area contributed by atoms with Crippen LogP contribution in [0.2, 0.25) is 0 Å². The summed E-state index contributed by atoms with van der Waals surface area (Å²) >= 11 is 3.41. The van der Waals surface area contributed by atoms with E-state index in [1.54, 1.807) is 31.1 Å². The van der Waals surface area contributed by atoms with Gasteiger partial charge in [0.05, 0.1) is 18.7 Å². The molecule has 0 atom stereocenters. The van der Waals surface area contributed by atoms with Gasteiger partial charge < -0.3 is 15.0 Å². The first-order valence-electron chi connectivity index (χ1n) is 8.94. The molecule has 0 aliphatic rings. The van der Waals surface area contributed by atoms with Crippen molar-refractivity contribution in [2.45, 2.75) is 6.42 Å². The first-order valence-corrected chi connectivity index (χ1v) is 9.74. The van der Waals surface area contributed by atoms with Gasteiger partial charge in [-0.25, -0.2) is 4.39 Å². The Bertz CT molecular complexity index is 976. The van der Waals surface area contributed by atoms with Gasteiger partial charge in [0.25, 0.3) is 0 Å². The van der Waals surface area contributed by atoms with E-state index in [9.17, 15) is 9.18 Å². The maximum absolute atomic E-state index is 14.6. The van der Waals surface area contributed by atoms with Crippen molar-refractivity contribution in [2.24, 2.45) is 0 Å². The lowest BCUT2D eigenvalue weighted by Gasteiger charge is -2.17. The molecule has 0 aliphatic carbocycles. The highest BCUT2D eigenvalue weighted by Gasteiger charge is 2.14. The summed E-state index contributed by atoms with van der Waals surface area (Å²) in [4.78, 5) is 13.3. The summed E-state index contributed by atoms with van der Waals surface area (Å²) in [6, 6.07) is 10.5. The molecule has 1 aromatic heterocycles. The predicted octanol–water partition coefficient (Wildman–Crippen LogP) is 3.58. The molecule has 2 aromatic carbocycles. The Labute approximate surface area is 171 Å². The van der Waals surface area contributed by atoms with E-state index < -0.39 is 5.82 Å². The van der Waals surface area contributed by atoms with E-state index >= 15 is 0 Å². The van der Waals surface area contributed by atoms with Gasteiger partial charge in [-0.05, 0) is 43.8 Å². The number of H-pyrrole nitrogens is 1. The van der Waals surface area contributed by atoms with Gasteiger partial charge in [0.1, 0.15) is 17.3 Å². The minimum atomic E-state index is -0.393. The highest BCUT2D eigenvalue weighted by molar-refractivity contribution is 9.10. The first-order chi connectivity index (χ1) is 13.5. The lowest BCUT2D eigenvalue weighted by molar-refractivity contribution is -0.128. The molecule has 148 valence electrons. The van der Waals surface area contributed by atoms with E-state index in [2.05, 4.69) is 31.4 Å². The molecule has 3 rings (SSSR count). The Balaban J connectivity index is 1.62. The fourth-order valence-corrected chi connectivity index (χ4v) is 3.24. The Morgan fingerprint density at radius 2 is 2.14 bits per heavy atom. The lowest BCUT2D eigenvalue weighted by atomic mass is 10.1. The number of nitrogens with zero attached hydrogens (tertiary/aromatic N) is 2. The van der Waals surface area contributed by atoms with Gasteiger partial charge in [0.2, 0.25) is 5.91 Å². The number of amides is 1. The fraction of sp³-hybridized carbons (Fsp3) is 0.300. The van der Waals surface area contributed by atoms with E-state index in [1.165, 1.54) is 6.07 Å². The van der Waals surface area contributed by atoms with Gasteiger partial charge >= 0.3 is 0 Å². The number of carbonyl (C=O) groups is 1. The number of benzene rings is 2. The van der Waals surface area contributed by atoms with Crippen molar-refractivity contribution >= 4 is 32.7 Å². The standard InChI is InChI=1S/C20H22BrFN4O2/c1-23-12-19(27)26(2)8-3-9-28-14-5-7-15(17(22)11-14)20-16-6-4-13(21)10-18(16)24-25-20/h4-7,10-11,23H,3,8-9,12H2,1-2H3,(H,24,25). The summed E-state index contributed by atoms with van der Waals surface area (Å²) in [5.74, 6) is 0.0827. The highest BCUT2D eigenvalue weighted by atomic mass is 79.9. The molecular weight excluding hydrogens is 427 g/mol.